The summed E-state index contributed by atoms with van der Waals surface area (Å²) in [6.07, 6.45) is 5.08. The van der Waals surface area contributed by atoms with E-state index >= 15 is 0 Å². The fraction of sp³-hybridized carbons (Fsp3) is 0.625. The van der Waals surface area contributed by atoms with Gasteiger partial charge in [-0.3, -0.25) is 4.90 Å². The molecule has 2 rings (SSSR count). The van der Waals surface area contributed by atoms with Crippen molar-refractivity contribution >= 4 is 5.69 Å². The van der Waals surface area contributed by atoms with Crippen LogP contribution in [-0.4, -0.2) is 49.6 Å². The Balaban J connectivity index is 1.75. The fourth-order valence-electron chi connectivity index (χ4n) is 3.05. The minimum atomic E-state index is 0.760. The lowest BCUT2D eigenvalue weighted by molar-refractivity contribution is 0.206. The summed E-state index contributed by atoms with van der Waals surface area (Å²) in [5.41, 5.74) is 8.06. The van der Waals surface area contributed by atoms with Gasteiger partial charge in [0.2, 0.25) is 0 Å². The number of hydrogen-bond acceptors (Lipinski definition) is 3. The van der Waals surface area contributed by atoms with Crippen LogP contribution in [0.1, 0.15) is 24.8 Å². The van der Waals surface area contributed by atoms with Crippen LogP contribution in [0.5, 0.6) is 0 Å². The smallest absolute Gasteiger partial charge is 0.0316 e. The molecule has 0 radical (unpaired) electrons. The third-order valence-corrected chi connectivity index (χ3v) is 3.94. The number of benzene rings is 1. The Hall–Kier alpha value is -1.06. The van der Waals surface area contributed by atoms with Crippen LogP contribution >= 0.6 is 0 Å². The van der Waals surface area contributed by atoms with Crippen molar-refractivity contribution in [3.8, 4) is 0 Å². The molecule has 1 aromatic carbocycles. The van der Waals surface area contributed by atoms with Crippen LogP contribution in [0.3, 0.4) is 0 Å². The van der Waals surface area contributed by atoms with Crippen molar-refractivity contribution in [2.45, 2.75) is 31.7 Å². The lowest BCUT2D eigenvalue weighted by atomic mass is 10.1. The highest BCUT2D eigenvalue weighted by Gasteiger charge is 2.23. The molecule has 1 saturated heterocycles. The van der Waals surface area contributed by atoms with E-state index in [-0.39, 0.29) is 0 Å². The quantitative estimate of drug-likeness (QED) is 0.797. The van der Waals surface area contributed by atoms with Gasteiger partial charge >= 0.3 is 0 Å². The number of rotatable bonds is 6. The van der Waals surface area contributed by atoms with Crippen molar-refractivity contribution in [3.63, 3.8) is 0 Å². The number of nitrogen functional groups attached to an aromatic ring is 1. The van der Waals surface area contributed by atoms with Gasteiger partial charge in [0, 0.05) is 18.3 Å². The van der Waals surface area contributed by atoms with Gasteiger partial charge in [-0.25, -0.2) is 0 Å². The van der Waals surface area contributed by atoms with Gasteiger partial charge in [0.25, 0.3) is 0 Å². The maximum Gasteiger partial charge on any atom is 0.0316 e. The Labute approximate surface area is 117 Å². The number of nitrogens with two attached hydrogens (primary N) is 1. The average Bonchev–Trinajstić information content (AvgIpc) is 2.76. The highest BCUT2D eigenvalue weighted by molar-refractivity contribution is 5.40. The van der Waals surface area contributed by atoms with Crippen LogP contribution in [0.15, 0.2) is 24.3 Å². The van der Waals surface area contributed by atoms with E-state index in [4.69, 9.17) is 5.73 Å². The summed E-state index contributed by atoms with van der Waals surface area (Å²) in [7, 11) is 4.34. The summed E-state index contributed by atoms with van der Waals surface area (Å²) in [5, 5.41) is 0. The SMILES string of the molecule is CN(C)CC1CCCN1CCCc1cccc(N)c1. The topological polar surface area (TPSA) is 32.5 Å². The maximum atomic E-state index is 5.81. The van der Waals surface area contributed by atoms with Gasteiger partial charge in [-0.05, 0) is 70.6 Å². The molecule has 0 bridgehead atoms. The van der Waals surface area contributed by atoms with E-state index in [2.05, 4.69) is 42.1 Å². The third-order valence-electron chi connectivity index (χ3n) is 3.94. The van der Waals surface area contributed by atoms with Crippen LogP contribution < -0.4 is 5.73 Å². The molecule has 1 aromatic rings. The molecule has 1 aliphatic rings. The Morgan fingerprint density at radius 1 is 1.37 bits per heavy atom. The molecule has 0 amide bonds. The molecule has 0 aliphatic carbocycles. The fourth-order valence-corrected chi connectivity index (χ4v) is 3.05. The van der Waals surface area contributed by atoms with E-state index in [0.717, 1.165) is 18.2 Å². The second kappa shape index (κ2) is 6.92. The molecule has 1 fully saturated rings. The van der Waals surface area contributed by atoms with E-state index < -0.39 is 0 Å². The number of nitrogens with zero attached hydrogens (tertiary/aromatic N) is 2. The normalized spacial score (nSPS) is 20.3. The summed E-state index contributed by atoms with van der Waals surface area (Å²) in [5.74, 6) is 0. The molecule has 3 heteroatoms. The molecule has 0 saturated carbocycles. The van der Waals surface area contributed by atoms with E-state index in [9.17, 15) is 0 Å². The van der Waals surface area contributed by atoms with Crippen LogP contribution in [0.25, 0.3) is 0 Å². The summed E-state index contributed by atoms with van der Waals surface area (Å²) in [4.78, 5) is 4.97. The molecule has 1 unspecified atom stereocenters. The van der Waals surface area contributed by atoms with Gasteiger partial charge in [0.1, 0.15) is 0 Å². The number of likely N-dealkylation sites (N-methyl/N-ethyl adjacent to an activating group) is 1. The van der Waals surface area contributed by atoms with Gasteiger partial charge in [-0.2, -0.15) is 0 Å². The molecule has 106 valence electrons. The largest absolute Gasteiger partial charge is 0.399 e. The van der Waals surface area contributed by atoms with Crippen LogP contribution in [0.2, 0.25) is 0 Å². The molecule has 1 heterocycles. The zero-order valence-electron chi connectivity index (χ0n) is 12.3. The van der Waals surface area contributed by atoms with Gasteiger partial charge < -0.3 is 10.6 Å². The molecular formula is C16H27N3. The lowest BCUT2D eigenvalue weighted by Crippen LogP contribution is -2.38. The molecule has 0 spiro atoms. The second-order valence-electron chi connectivity index (χ2n) is 5.94. The Morgan fingerprint density at radius 3 is 2.95 bits per heavy atom. The van der Waals surface area contributed by atoms with Crippen molar-refractivity contribution in [1.29, 1.82) is 0 Å². The van der Waals surface area contributed by atoms with Crippen LogP contribution in [0, 0.1) is 0 Å². The summed E-state index contributed by atoms with van der Waals surface area (Å²) < 4.78 is 0. The highest BCUT2D eigenvalue weighted by Crippen LogP contribution is 2.18. The maximum absolute atomic E-state index is 5.81. The van der Waals surface area contributed by atoms with Gasteiger partial charge in [-0.15, -0.1) is 0 Å². The molecule has 1 aliphatic heterocycles. The van der Waals surface area contributed by atoms with Crippen molar-refractivity contribution in [2.75, 3.05) is 39.5 Å². The van der Waals surface area contributed by atoms with Crippen molar-refractivity contribution in [2.24, 2.45) is 0 Å². The first-order valence-electron chi connectivity index (χ1n) is 7.38. The van der Waals surface area contributed by atoms with Gasteiger partial charge in [0.15, 0.2) is 0 Å². The van der Waals surface area contributed by atoms with Gasteiger partial charge in [0.05, 0.1) is 0 Å². The van der Waals surface area contributed by atoms with Gasteiger partial charge in [-0.1, -0.05) is 12.1 Å². The van der Waals surface area contributed by atoms with Crippen LogP contribution in [-0.2, 0) is 6.42 Å². The summed E-state index contributed by atoms with van der Waals surface area (Å²) >= 11 is 0. The average molecular weight is 261 g/mol. The zero-order chi connectivity index (χ0) is 13.7. The number of aryl methyl sites for hydroxylation is 1. The summed E-state index contributed by atoms with van der Waals surface area (Å²) in [6, 6.07) is 9.04. The predicted molar refractivity (Wildman–Crippen MR) is 82.3 cm³/mol. The minimum absolute atomic E-state index is 0.760. The summed E-state index contributed by atoms with van der Waals surface area (Å²) in [6.45, 7) is 3.68. The molecule has 19 heavy (non-hydrogen) atoms. The first kappa shape index (κ1) is 14.4. The highest BCUT2D eigenvalue weighted by atomic mass is 15.2. The van der Waals surface area contributed by atoms with Crippen molar-refractivity contribution < 1.29 is 0 Å². The van der Waals surface area contributed by atoms with Crippen molar-refractivity contribution in [1.82, 2.24) is 9.80 Å². The van der Waals surface area contributed by atoms with E-state index in [1.807, 2.05) is 6.07 Å². The molecular weight excluding hydrogens is 234 g/mol. The van der Waals surface area contributed by atoms with Crippen LogP contribution in [0.4, 0.5) is 5.69 Å². The first-order chi connectivity index (χ1) is 9.15. The predicted octanol–water partition coefficient (Wildman–Crippen LogP) is 2.23. The second-order valence-corrected chi connectivity index (χ2v) is 5.94. The standard InChI is InChI=1S/C16H27N3/c1-18(2)13-16-9-5-11-19(16)10-4-7-14-6-3-8-15(17)12-14/h3,6,8,12,16H,4-5,7,9-11,13,17H2,1-2H3. The monoisotopic (exact) mass is 261 g/mol. The number of anilines is 1. The molecule has 0 aromatic heterocycles. The minimum Gasteiger partial charge on any atom is -0.399 e. The van der Waals surface area contributed by atoms with Crippen molar-refractivity contribution in [3.05, 3.63) is 29.8 Å². The molecule has 3 nitrogen and oxygen atoms in total. The van der Waals surface area contributed by atoms with E-state index in [1.54, 1.807) is 0 Å². The Bertz CT molecular complexity index is 389. The third kappa shape index (κ3) is 4.51. The Kier molecular flexibility index (Phi) is 5.23. The molecule has 1 atom stereocenters. The first-order valence-corrected chi connectivity index (χ1v) is 7.38. The molecule has 2 N–H and O–H groups in total. The Morgan fingerprint density at radius 2 is 2.21 bits per heavy atom. The zero-order valence-corrected chi connectivity index (χ0v) is 12.3. The van der Waals surface area contributed by atoms with E-state index in [0.29, 0.717) is 0 Å². The number of hydrogen-bond donors (Lipinski definition) is 1. The lowest BCUT2D eigenvalue weighted by Gasteiger charge is -2.26. The number of likely N-dealkylation sites (tertiary alicyclic amines) is 1. The van der Waals surface area contributed by atoms with E-state index in [1.165, 1.54) is 44.5 Å².